The van der Waals surface area contributed by atoms with Crippen LogP contribution in [-0.2, 0) is 14.8 Å². The van der Waals surface area contributed by atoms with Gasteiger partial charge in [0, 0.05) is 38.1 Å². The Morgan fingerprint density at radius 2 is 1.79 bits per heavy atom. The standard InChI is InChI=1S/C23H26N10O5S/c1-14-19(21(34)27-23(36)26-14)39(37,38)29-15-5-7-16(8-6-15)33-20(24)18(28-30-33)22(35)32-12-10-31(11-13-32)17-4-2-3-9-25-17/h2-9,14,19,29H,10-13,24H2,1H3,(H2,26,27,34,36). The lowest BCUT2D eigenvalue weighted by atomic mass is 10.2. The molecule has 0 radical (unpaired) electrons. The first-order valence-corrected chi connectivity index (χ1v) is 13.6. The Bertz CT molecular complexity index is 1500. The fourth-order valence-corrected chi connectivity index (χ4v) is 6.04. The minimum atomic E-state index is -4.18. The van der Waals surface area contributed by atoms with Gasteiger partial charge in [-0.3, -0.25) is 19.6 Å². The van der Waals surface area contributed by atoms with Gasteiger partial charge in [0.05, 0.1) is 11.7 Å². The molecule has 0 saturated carbocycles. The number of nitrogens with two attached hydrogens (primary N) is 1. The van der Waals surface area contributed by atoms with Gasteiger partial charge in [-0.05, 0) is 43.3 Å². The zero-order chi connectivity index (χ0) is 27.7. The van der Waals surface area contributed by atoms with Crippen molar-refractivity contribution in [2.24, 2.45) is 0 Å². The van der Waals surface area contributed by atoms with Crippen molar-refractivity contribution in [2.75, 3.05) is 41.5 Å². The quantitative estimate of drug-likeness (QED) is 0.309. The molecular weight excluding hydrogens is 528 g/mol. The highest BCUT2D eigenvalue weighted by molar-refractivity contribution is 7.94. The van der Waals surface area contributed by atoms with Gasteiger partial charge >= 0.3 is 6.03 Å². The van der Waals surface area contributed by atoms with Crippen molar-refractivity contribution in [3.05, 3.63) is 54.4 Å². The van der Waals surface area contributed by atoms with Crippen LogP contribution in [0, 0.1) is 0 Å². The van der Waals surface area contributed by atoms with E-state index in [1.165, 1.54) is 35.9 Å². The van der Waals surface area contributed by atoms with Crippen LogP contribution in [0.5, 0.6) is 0 Å². The summed E-state index contributed by atoms with van der Waals surface area (Å²) in [6.07, 6.45) is 1.73. The first-order chi connectivity index (χ1) is 18.6. The van der Waals surface area contributed by atoms with E-state index >= 15 is 0 Å². The summed E-state index contributed by atoms with van der Waals surface area (Å²) in [4.78, 5) is 44.7. The molecule has 3 aromatic rings. The number of anilines is 3. The molecule has 0 aliphatic carbocycles. The number of carbonyl (C=O) groups excluding carboxylic acids is 3. The second-order valence-corrected chi connectivity index (χ2v) is 10.9. The summed E-state index contributed by atoms with van der Waals surface area (Å²) >= 11 is 0. The minimum absolute atomic E-state index is 0.0189. The molecule has 5 rings (SSSR count). The molecule has 204 valence electrons. The second-order valence-electron chi connectivity index (χ2n) is 9.07. The second kappa shape index (κ2) is 10.2. The van der Waals surface area contributed by atoms with Crippen molar-refractivity contribution < 1.29 is 22.8 Å². The van der Waals surface area contributed by atoms with Crippen LogP contribution in [0.4, 0.5) is 22.1 Å². The highest BCUT2D eigenvalue weighted by Gasteiger charge is 2.42. The van der Waals surface area contributed by atoms with E-state index in [2.05, 4.69) is 30.2 Å². The van der Waals surface area contributed by atoms with Crippen LogP contribution in [0.3, 0.4) is 0 Å². The van der Waals surface area contributed by atoms with Gasteiger partial charge in [0.2, 0.25) is 15.9 Å². The number of hydrogen-bond donors (Lipinski definition) is 4. The third-order valence-corrected chi connectivity index (χ3v) is 8.27. The number of pyridine rings is 1. The van der Waals surface area contributed by atoms with E-state index in [4.69, 9.17) is 5.73 Å². The predicted molar refractivity (Wildman–Crippen MR) is 141 cm³/mol. The molecule has 4 heterocycles. The topological polar surface area (TPSA) is 198 Å². The van der Waals surface area contributed by atoms with E-state index in [9.17, 15) is 22.8 Å². The van der Waals surface area contributed by atoms with Crippen LogP contribution in [-0.4, -0.2) is 88.6 Å². The maximum absolute atomic E-state index is 13.1. The fraction of sp³-hybridized carbons (Fsp3) is 0.304. The van der Waals surface area contributed by atoms with Crippen molar-refractivity contribution >= 4 is 45.2 Å². The molecule has 16 heteroatoms. The Balaban J connectivity index is 1.25. The van der Waals surface area contributed by atoms with Crippen LogP contribution in [0.25, 0.3) is 5.69 Å². The number of aromatic nitrogens is 4. The van der Waals surface area contributed by atoms with Crippen LogP contribution >= 0.6 is 0 Å². The van der Waals surface area contributed by atoms with Gasteiger partial charge in [-0.2, -0.15) is 4.68 Å². The Labute approximate surface area is 223 Å². The Hall–Kier alpha value is -4.73. The summed E-state index contributed by atoms with van der Waals surface area (Å²) in [6.45, 7) is 3.59. The predicted octanol–water partition coefficient (Wildman–Crippen LogP) is -0.455. The number of amides is 4. The molecule has 1 aromatic carbocycles. The van der Waals surface area contributed by atoms with Gasteiger partial charge in [-0.25, -0.2) is 18.2 Å². The minimum Gasteiger partial charge on any atom is -0.382 e. The summed E-state index contributed by atoms with van der Waals surface area (Å²) in [5, 5.41) is 10.8. The molecule has 2 atom stereocenters. The number of nitrogen functional groups attached to an aromatic ring is 1. The maximum atomic E-state index is 13.1. The number of sulfonamides is 1. The molecule has 0 bridgehead atoms. The van der Waals surface area contributed by atoms with Crippen LogP contribution in [0.15, 0.2) is 48.7 Å². The van der Waals surface area contributed by atoms with E-state index < -0.39 is 33.3 Å². The lowest BCUT2D eigenvalue weighted by Crippen LogP contribution is -2.63. The highest BCUT2D eigenvalue weighted by atomic mass is 32.2. The number of nitrogens with one attached hydrogen (secondary N) is 3. The molecule has 0 spiro atoms. The number of hydrogen-bond acceptors (Lipinski definition) is 10. The zero-order valence-corrected chi connectivity index (χ0v) is 21.6. The van der Waals surface area contributed by atoms with E-state index in [0.29, 0.717) is 31.9 Å². The van der Waals surface area contributed by atoms with Crippen molar-refractivity contribution in [3.8, 4) is 5.69 Å². The third kappa shape index (κ3) is 5.18. The van der Waals surface area contributed by atoms with E-state index in [1.807, 2.05) is 23.5 Å². The molecule has 39 heavy (non-hydrogen) atoms. The average molecular weight is 555 g/mol. The molecule has 2 aliphatic heterocycles. The first-order valence-electron chi connectivity index (χ1n) is 12.0. The normalized spacial score (nSPS) is 19.8. The van der Waals surface area contributed by atoms with Crippen LogP contribution < -0.4 is 26.0 Å². The number of nitrogens with zero attached hydrogens (tertiary/aromatic N) is 6. The lowest BCUT2D eigenvalue weighted by Gasteiger charge is -2.35. The largest absolute Gasteiger partial charge is 0.382 e. The molecule has 4 amide bonds. The molecule has 2 fully saturated rings. The molecule has 5 N–H and O–H groups in total. The summed E-state index contributed by atoms with van der Waals surface area (Å²) in [6, 6.07) is 9.99. The molecule has 2 saturated heterocycles. The number of piperazine rings is 1. The Morgan fingerprint density at radius 1 is 1.08 bits per heavy atom. The van der Waals surface area contributed by atoms with E-state index in [-0.39, 0.29) is 23.1 Å². The van der Waals surface area contributed by atoms with Gasteiger partial charge in [0.1, 0.15) is 5.82 Å². The van der Waals surface area contributed by atoms with Crippen molar-refractivity contribution in [3.63, 3.8) is 0 Å². The van der Waals surface area contributed by atoms with Gasteiger partial charge in [0.15, 0.2) is 16.8 Å². The van der Waals surface area contributed by atoms with Gasteiger partial charge in [0.25, 0.3) is 5.91 Å². The van der Waals surface area contributed by atoms with Gasteiger partial charge in [-0.15, -0.1) is 5.10 Å². The number of rotatable bonds is 6. The smallest absolute Gasteiger partial charge is 0.321 e. The zero-order valence-electron chi connectivity index (χ0n) is 20.8. The SMILES string of the molecule is CC1NC(=O)NC(=O)C1S(=O)(=O)Nc1ccc(-n2nnc(C(=O)N3CCN(c4ccccn4)CC3)c2N)cc1. The number of imide groups is 1. The molecular formula is C23H26N10O5S. The molecule has 2 aromatic heterocycles. The summed E-state index contributed by atoms with van der Waals surface area (Å²) < 4.78 is 29.2. The number of carbonyl (C=O) groups is 3. The summed E-state index contributed by atoms with van der Waals surface area (Å²) in [7, 11) is -4.18. The molecule has 2 unspecified atom stereocenters. The van der Waals surface area contributed by atoms with Crippen molar-refractivity contribution in [1.29, 1.82) is 0 Å². The molecule has 2 aliphatic rings. The van der Waals surface area contributed by atoms with Gasteiger partial charge in [-0.1, -0.05) is 11.3 Å². The van der Waals surface area contributed by atoms with E-state index in [0.717, 1.165) is 5.82 Å². The third-order valence-electron chi connectivity index (χ3n) is 6.46. The van der Waals surface area contributed by atoms with Crippen molar-refractivity contribution in [1.82, 2.24) is 35.5 Å². The van der Waals surface area contributed by atoms with Crippen LogP contribution in [0.1, 0.15) is 17.4 Å². The van der Waals surface area contributed by atoms with Gasteiger partial charge < -0.3 is 20.9 Å². The summed E-state index contributed by atoms with van der Waals surface area (Å²) in [5.74, 6) is -0.357. The monoisotopic (exact) mass is 554 g/mol. The van der Waals surface area contributed by atoms with E-state index in [1.54, 1.807) is 11.1 Å². The summed E-state index contributed by atoms with van der Waals surface area (Å²) in [5.41, 5.74) is 6.86. The number of urea groups is 1. The Kier molecular flexibility index (Phi) is 6.78. The fourth-order valence-electron chi connectivity index (χ4n) is 4.50. The highest BCUT2D eigenvalue weighted by Crippen LogP contribution is 2.22. The number of benzene rings is 1. The van der Waals surface area contributed by atoms with Crippen molar-refractivity contribution in [2.45, 2.75) is 18.2 Å². The molecule has 15 nitrogen and oxygen atoms in total. The maximum Gasteiger partial charge on any atom is 0.321 e. The van der Waals surface area contributed by atoms with Crippen LogP contribution in [0.2, 0.25) is 0 Å². The lowest BCUT2D eigenvalue weighted by molar-refractivity contribution is -0.120. The first kappa shape index (κ1) is 25.9. The average Bonchev–Trinajstić information content (AvgIpc) is 3.29. The Morgan fingerprint density at radius 3 is 2.44 bits per heavy atom.